The van der Waals surface area contributed by atoms with Crippen molar-refractivity contribution in [3.63, 3.8) is 0 Å². The van der Waals surface area contributed by atoms with E-state index in [2.05, 4.69) is 0 Å². The second kappa shape index (κ2) is 3.88. The first-order valence-electron chi connectivity index (χ1n) is 3.23. The highest BCUT2D eigenvalue weighted by Gasteiger charge is 2.32. The molecule has 0 saturated carbocycles. The molecule has 10 heavy (non-hydrogen) atoms. The molecule has 0 radical (unpaired) electrons. The van der Waals surface area contributed by atoms with Gasteiger partial charge < -0.3 is 20.4 Å². The number of hydrogen-bond donors (Lipinski definition) is 4. The molecule has 0 saturated heterocycles. The molecule has 4 N–H and O–H groups in total. The van der Waals surface area contributed by atoms with E-state index in [1.807, 2.05) is 0 Å². The molecule has 0 rings (SSSR count). The Balaban J connectivity index is 4.02. The van der Waals surface area contributed by atoms with Crippen LogP contribution in [0.5, 0.6) is 0 Å². The number of aliphatic hydroxyl groups is 4. The van der Waals surface area contributed by atoms with Crippen molar-refractivity contribution in [1.29, 1.82) is 0 Å². The summed E-state index contributed by atoms with van der Waals surface area (Å²) in [4.78, 5) is 0. The van der Waals surface area contributed by atoms with Gasteiger partial charge in [0.05, 0.1) is 19.3 Å². The van der Waals surface area contributed by atoms with E-state index in [0.29, 0.717) is 6.42 Å². The summed E-state index contributed by atoms with van der Waals surface area (Å²) in [5, 5.41) is 35.2. The van der Waals surface area contributed by atoms with E-state index < -0.39 is 24.9 Å². The highest BCUT2D eigenvalue weighted by molar-refractivity contribution is 4.83. The standard InChI is InChI=1S/C6H14O4/c1-2-5(9)6(10,3-7)4-8/h5,7-10H,2-4H2,1H3. The van der Waals surface area contributed by atoms with Crippen LogP contribution in [0.3, 0.4) is 0 Å². The zero-order valence-electron chi connectivity index (χ0n) is 5.99. The van der Waals surface area contributed by atoms with Crippen molar-refractivity contribution in [3.8, 4) is 0 Å². The zero-order valence-corrected chi connectivity index (χ0v) is 5.99. The summed E-state index contributed by atoms with van der Waals surface area (Å²) < 4.78 is 0. The minimum atomic E-state index is -1.74. The molecule has 1 atom stereocenters. The molecule has 4 nitrogen and oxygen atoms in total. The minimum Gasteiger partial charge on any atom is -0.393 e. The Kier molecular flexibility index (Phi) is 3.81. The van der Waals surface area contributed by atoms with Gasteiger partial charge in [0.15, 0.2) is 0 Å². The topological polar surface area (TPSA) is 80.9 Å². The van der Waals surface area contributed by atoms with Gasteiger partial charge in [-0.1, -0.05) is 6.92 Å². The van der Waals surface area contributed by atoms with E-state index in [1.165, 1.54) is 0 Å². The van der Waals surface area contributed by atoms with Gasteiger partial charge in [0, 0.05) is 0 Å². The lowest BCUT2D eigenvalue weighted by molar-refractivity contribution is -0.131. The smallest absolute Gasteiger partial charge is 0.136 e. The molecule has 62 valence electrons. The monoisotopic (exact) mass is 150 g/mol. The van der Waals surface area contributed by atoms with Gasteiger partial charge in [-0.3, -0.25) is 0 Å². The maximum Gasteiger partial charge on any atom is 0.136 e. The molecule has 0 amide bonds. The van der Waals surface area contributed by atoms with Crippen LogP contribution >= 0.6 is 0 Å². The molecule has 0 heterocycles. The van der Waals surface area contributed by atoms with Crippen LogP contribution in [-0.2, 0) is 0 Å². The Hall–Kier alpha value is -0.160. The first-order valence-corrected chi connectivity index (χ1v) is 3.23. The second-order valence-electron chi connectivity index (χ2n) is 2.34. The zero-order chi connectivity index (χ0) is 8.20. The van der Waals surface area contributed by atoms with Crippen molar-refractivity contribution in [2.24, 2.45) is 0 Å². The maximum atomic E-state index is 9.15. The fourth-order valence-corrected chi connectivity index (χ4v) is 0.641. The SMILES string of the molecule is CCC(O)C(O)(CO)CO. The Morgan fingerprint density at radius 1 is 1.30 bits per heavy atom. The van der Waals surface area contributed by atoms with Gasteiger partial charge in [0.1, 0.15) is 5.60 Å². The first kappa shape index (κ1) is 9.84. The lowest BCUT2D eigenvalue weighted by atomic mass is 9.97. The second-order valence-corrected chi connectivity index (χ2v) is 2.34. The number of rotatable bonds is 4. The average molecular weight is 150 g/mol. The first-order chi connectivity index (χ1) is 4.60. The maximum absolute atomic E-state index is 9.15. The fourth-order valence-electron chi connectivity index (χ4n) is 0.641. The molecule has 0 fully saturated rings. The molecule has 4 heteroatoms. The van der Waals surface area contributed by atoms with Gasteiger partial charge in [0.25, 0.3) is 0 Å². The predicted molar refractivity (Wildman–Crippen MR) is 35.4 cm³/mol. The van der Waals surface area contributed by atoms with Gasteiger partial charge in [-0.2, -0.15) is 0 Å². The van der Waals surface area contributed by atoms with Crippen molar-refractivity contribution in [3.05, 3.63) is 0 Å². The van der Waals surface area contributed by atoms with Crippen LogP contribution in [-0.4, -0.2) is 45.3 Å². The lowest BCUT2D eigenvalue weighted by Gasteiger charge is -2.27. The average Bonchev–Trinajstić information content (AvgIpc) is 2.01. The van der Waals surface area contributed by atoms with Crippen molar-refractivity contribution in [2.75, 3.05) is 13.2 Å². The van der Waals surface area contributed by atoms with Crippen LogP contribution < -0.4 is 0 Å². The van der Waals surface area contributed by atoms with Crippen molar-refractivity contribution in [1.82, 2.24) is 0 Å². The summed E-state index contributed by atoms with van der Waals surface area (Å²) >= 11 is 0. The molecule has 0 spiro atoms. The molecular weight excluding hydrogens is 136 g/mol. The molecular formula is C6H14O4. The van der Waals surface area contributed by atoms with Crippen LogP contribution in [0.25, 0.3) is 0 Å². The van der Waals surface area contributed by atoms with Crippen LogP contribution in [0, 0.1) is 0 Å². The molecule has 0 aliphatic heterocycles. The van der Waals surface area contributed by atoms with Crippen LogP contribution in [0.4, 0.5) is 0 Å². The van der Waals surface area contributed by atoms with E-state index in [9.17, 15) is 0 Å². The third-order valence-electron chi connectivity index (χ3n) is 1.55. The molecule has 0 aliphatic carbocycles. The van der Waals surface area contributed by atoms with Crippen molar-refractivity contribution >= 4 is 0 Å². The van der Waals surface area contributed by atoms with Crippen LogP contribution in [0.15, 0.2) is 0 Å². The van der Waals surface area contributed by atoms with Crippen LogP contribution in [0.2, 0.25) is 0 Å². The van der Waals surface area contributed by atoms with Gasteiger partial charge >= 0.3 is 0 Å². The lowest BCUT2D eigenvalue weighted by Crippen LogP contribution is -2.48. The van der Waals surface area contributed by atoms with Crippen molar-refractivity contribution < 1.29 is 20.4 Å². The highest BCUT2D eigenvalue weighted by atomic mass is 16.4. The van der Waals surface area contributed by atoms with Crippen molar-refractivity contribution in [2.45, 2.75) is 25.0 Å². The third-order valence-corrected chi connectivity index (χ3v) is 1.55. The van der Waals surface area contributed by atoms with E-state index in [4.69, 9.17) is 20.4 Å². The van der Waals surface area contributed by atoms with Gasteiger partial charge in [-0.05, 0) is 6.42 Å². The number of aliphatic hydroxyl groups excluding tert-OH is 3. The molecule has 0 aromatic rings. The molecule has 0 aliphatic rings. The Bertz CT molecular complexity index is 89.7. The van der Waals surface area contributed by atoms with Gasteiger partial charge in [-0.15, -0.1) is 0 Å². The Morgan fingerprint density at radius 2 is 1.70 bits per heavy atom. The van der Waals surface area contributed by atoms with Gasteiger partial charge in [-0.25, -0.2) is 0 Å². The minimum absolute atomic E-state index is 0.303. The number of hydrogen-bond acceptors (Lipinski definition) is 4. The Morgan fingerprint density at radius 3 is 1.80 bits per heavy atom. The third kappa shape index (κ3) is 1.91. The largest absolute Gasteiger partial charge is 0.393 e. The fraction of sp³-hybridized carbons (Fsp3) is 1.00. The van der Waals surface area contributed by atoms with Gasteiger partial charge in [0.2, 0.25) is 0 Å². The molecule has 0 aromatic carbocycles. The van der Waals surface area contributed by atoms with Crippen LogP contribution in [0.1, 0.15) is 13.3 Å². The predicted octanol–water partition coefficient (Wildman–Crippen LogP) is -1.53. The van der Waals surface area contributed by atoms with E-state index in [-0.39, 0.29) is 0 Å². The molecule has 0 aromatic heterocycles. The van der Waals surface area contributed by atoms with E-state index in [0.717, 1.165) is 0 Å². The highest BCUT2D eigenvalue weighted by Crippen LogP contribution is 2.11. The normalized spacial score (nSPS) is 15.3. The molecule has 0 bridgehead atoms. The summed E-state index contributed by atoms with van der Waals surface area (Å²) in [5.41, 5.74) is -1.74. The Labute approximate surface area is 59.7 Å². The van der Waals surface area contributed by atoms with E-state index >= 15 is 0 Å². The summed E-state index contributed by atoms with van der Waals surface area (Å²) in [7, 11) is 0. The summed E-state index contributed by atoms with van der Waals surface area (Å²) in [6, 6.07) is 0. The summed E-state index contributed by atoms with van der Waals surface area (Å²) in [5.74, 6) is 0. The quantitative estimate of drug-likeness (QED) is 0.392. The summed E-state index contributed by atoms with van der Waals surface area (Å²) in [6.45, 7) is 0.401. The van der Waals surface area contributed by atoms with E-state index in [1.54, 1.807) is 6.92 Å². The molecule has 1 unspecified atom stereocenters. The summed E-state index contributed by atoms with van der Waals surface area (Å²) in [6.07, 6.45) is -0.764.